The minimum atomic E-state index is -0.295. The Labute approximate surface area is 358 Å². The SMILES string of the molecule is C1CCC(P(C2CCCCC2)C2CCCCC2)CC1.Cc1cc(C)c(-n2ccn(-c3c(C)cc(C)cc3C)[c]2=[Ru]=[C]2C=C(c3ccccc3)c3ccccc32)c(C)c1. The molecule has 9 rings (SSSR count). The van der Waals surface area contributed by atoms with Gasteiger partial charge in [-0.05, 0) is 55.5 Å². The number of rotatable bonds is 6. The predicted molar refractivity (Wildman–Crippen MR) is 248 cm³/mol. The van der Waals surface area contributed by atoms with Gasteiger partial charge in [0.15, 0.2) is 0 Å². The van der Waals surface area contributed by atoms with E-state index in [0.717, 1.165) is 0 Å². The van der Waals surface area contributed by atoms with Gasteiger partial charge >= 0.3 is 239 Å². The Balaban J connectivity index is 0.000000206. The maximum atomic E-state index is 2.46. The monoisotopic (exact) mass is 876 g/mol. The first-order valence-corrected chi connectivity index (χ1v) is 26.0. The first kappa shape index (κ1) is 41.5. The van der Waals surface area contributed by atoms with E-state index in [1.807, 2.05) is 0 Å². The summed E-state index contributed by atoms with van der Waals surface area (Å²) in [7, 11) is 0.385. The van der Waals surface area contributed by atoms with Crippen LogP contribution in [0.1, 0.15) is 146 Å². The van der Waals surface area contributed by atoms with Crippen molar-refractivity contribution in [3.8, 4) is 11.4 Å². The fourth-order valence-corrected chi connectivity index (χ4v) is 18.3. The molecular formula is C54H67N2PRu. The molecule has 0 bridgehead atoms. The van der Waals surface area contributed by atoms with E-state index >= 15 is 0 Å². The van der Waals surface area contributed by atoms with Crippen molar-refractivity contribution in [1.29, 1.82) is 0 Å². The first-order valence-electron chi connectivity index (χ1n) is 22.7. The summed E-state index contributed by atoms with van der Waals surface area (Å²) in [5.74, 6) is 0. The third kappa shape index (κ3) is 9.08. The Morgan fingerprint density at radius 1 is 0.483 bits per heavy atom. The van der Waals surface area contributed by atoms with Crippen LogP contribution in [-0.2, 0) is 16.2 Å². The van der Waals surface area contributed by atoms with Crippen molar-refractivity contribution in [2.45, 2.75) is 155 Å². The molecule has 1 heterocycles. The van der Waals surface area contributed by atoms with Crippen LogP contribution in [-0.4, -0.2) is 30.2 Å². The summed E-state index contributed by atoms with van der Waals surface area (Å²) in [6, 6.07) is 28.9. The molecule has 0 aliphatic heterocycles. The Bertz CT molecular complexity index is 2180. The van der Waals surface area contributed by atoms with Crippen molar-refractivity contribution in [2.75, 3.05) is 0 Å². The molecule has 3 saturated carbocycles. The maximum absolute atomic E-state index is 2.46. The Morgan fingerprint density at radius 3 is 1.31 bits per heavy atom. The van der Waals surface area contributed by atoms with E-state index < -0.39 is 0 Å². The Kier molecular flexibility index (Phi) is 13.6. The van der Waals surface area contributed by atoms with Crippen LogP contribution in [0.3, 0.4) is 0 Å². The molecular weight excluding hydrogens is 809 g/mol. The number of hydrogen-bond acceptors (Lipinski definition) is 0. The number of fused-ring (bicyclic) bond motifs is 1. The van der Waals surface area contributed by atoms with Gasteiger partial charge in [-0.25, -0.2) is 0 Å². The number of aryl methyl sites for hydroxylation is 6. The van der Waals surface area contributed by atoms with E-state index in [2.05, 4.69) is 148 Å². The quantitative estimate of drug-likeness (QED) is 0.119. The first-order chi connectivity index (χ1) is 28.3. The van der Waals surface area contributed by atoms with Crippen molar-refractivity contribution in [3.05, 3.63) is 151 Å². The second-order valence-corrected chi connectivity index (χ2v) is 23.2. The fraction of sp³-hybridized carbons (Fsp3) is 0.444. The van der Waals surface area contributed by atoms with Gasteiger partial charge < -0.3 is 0 Å². The minimum absolute atomic E-state index is 0.295. The molecule has 2 nitrogen and oxygen atoms in total. The zero-order chi connectivity index (χ0) is 40.2. The van der Waals surface area contributed by atoms with Crippen LogP contribution < -0.4 is 0 Å². The van der Waals surface area contributed by atoms with Crippen LogP contribution in [0.2, 0.25) is 0 Å². The van der Waals surface area contributed by atoms with Crippen LogP contribution in [0.4, 0.5) is 0 Å². The van der Waals surface area contributed by atoms with Gasteiger partial charge in [0.25, 0.3) is 0 Å². The molecule has 0 saturated heterocycles. The average molecular weight is 876 g/mol. The van der Waals surface area contributed by atoms with Gasteiger partial charge in [-0.1, -0.05) is 65.7 Å². The number of imidazole rings is 1. The topological polar surface area (TPSA) is 9.86 Å². The van der Waals surface area contributed by atoms with Crippen LogP contribution in [0.25, 0.3) is 16.9 Å². The molecule has 0 unspecified atom stereocenters. The number of nitrogens with zero attached hydrogens (tertiary/aromatic N) is 2. The van der Waals surface area contributed by atoms with Crippen LogP contribution in [0.15, 0.2) is 97.3 Å². The predicted octanol–water partition coefficient (Wildman–Crippen LogP) is 14.9. The van der Waals surface area contributed by atoms with Crippen molar-refractivity contribution >= 4 is 17.6 Å². The van der Waals surface area contributed by atoms with E-state index in [4.69, 9.17) is 0 Å². The number of hydrogen-bond donors (Lipinski definition) is 0. The van der Waals surface area contributed by atoms with E-state index in [1.165, 1.54) is 111 Å². The van der Waals surface area contributed by atoms with E-state index in [1.54, 1.807) is 77.0 Å². The summed E-state index contributed by atoms with van der Waals surface area (Å²) in [5.41, 5.74) is 19.3. The van der Waals surface area contributed by atoms with Crippen LogP contribution >= 0.6 is 7.92 Å². The molecule has 0 amide bonds. The van der Waals surface area contributed by atoms with Gasteiger partial charge in [-0.2, -0.15) is 0 Å². The third-order valence-corrected chi connectivity index (χ3v) is 20.0. The molecule has 58 heavy (non-hydrogen) atoms. The van der Waals surface area contributed by atoms with Gasteiger partial charge in [0, 0.05) is 0 Å². The normalized spacial score (nSPS) is 17.9. The molecule has 0 atom stereocenters. The molecule has 306 valence electrons. The molecule has 4 aliphatic rings. The zero-order valence-electron chi connectivity index (χ0n) is 36.3. The average Bonchev–Trinajstić information content (AvgIpc) is 3.80. The molecule has 4 aromatic carbocycles. The van der Waals surface area contributed by atoms with E-state index in [9.17, 15) is 0 Å². The summed E-state index contributed by atoms with van der Waals surface area (Å²) in [4.78, 5) is 0. The molecule has 5 aromatic rings. The Hall–Kier alpha value is -3.25. The third-order valence-electron chi connectivity index (χ3n) is 13.5. The number of allylic oxidation sites excluding steroid dienone is 1. The molecule has 0 N–H and O–H groups in total. The molecule has 0 spiro atoms. The summed E-state index contributed by atoms with van der Waals surface area (Å²) < 4.78 is 7.72. The number of benzene rings is 4. The van der Waals surface area contributed by atoms with E-state index in [0.29, 0.717) is 7.92 Å². The van der Waals surface area contributed by atoms with Gasteiger partial charge in [0.05, 0.1) is 0 Å². The van der Waals surface area contributed by atoms with Crippen molar-refractivity contribution < 1.29 is 16.2 Å². The Morgan fingerprint density at radius 2 is 0.879 bits per heavy atom. The van der Waals surface area contributed by atoms with Gasteiger partial charge in [-0.3, -0.25) is 0 Å². The van der Waals surface area contributed by atoms with Crippen molar-refractivity contribution in [2.24, 2.45) is 0 Å². The van der Waals surface area contributed by atoms with Crippen LogP contribution in [0.5, 0.6) is 0 Å². The molecule has 0 radical (unpaired) electrons. The van der Waals surface area contributed by atoms with Gasteiger partial charge in [-0.15, -0.1) is 0 Å². The summed E-state index contributed by atoms with van der Waals surface area (Å²) in [6.07, 6.45) is 30.6. The van der Waals surface area contributed by atoms with Crippen molar-refractivity contribution in [3.63, 3.8) is 0 Å². The second kappa shape index (κ2) is 19.0. The zero-order valence-corrected chi connectivity index (χ0v) is 38.9. The van der Waals surface area contributed by atoms with E-state index in [-0.39, 0.29) is 16.2 Å². The summed E-state index contributed by atoms with van der Waals surface area (Å²) in [6.45, 7) is 13.3. The standard InChI is InChI=1S/C21H24N2.C18H33P.C15H10.Ru/c1-14-9-16(3)20(17(4)10-14)22-7-8-23(13-22)21-18(5)11-15(2)12-19(21)6;1-4-10-16(11-5-1)19(17-12-6-2-7-13-17)18-14-8-3-9-15-18;1-2-6-12(7-3-1)15-11-10-13-8-4-5-9-14(13)15;/h7-12H,1-6H3;16-18H,1-15H2;1-9,11H;. The summed E-state index contributed by atoms with van der Waals surface area (Å²) >= 11 is -0.295. The van der Waals surface area contributed by atoms with Crippen LogP contribution in [0, 0.1) is 45.6 Å². The molecule has 1 aromatic heterocycles. The molecule has 4 aliphatic carbocycles. The van der Waals surface area contributed by atoms with Gasteiger partial charge in [0.2, 0.25) is 0 Å². The van der Waals surface area contributed by atoms with Crippen molar-refractivity contribution in [1.82, 2.24) is 9.13 Å². The van der Waals surface area contributed by atoms with Gasteiger partial charge in [0.1, 0.15) is 0 Å². The number of aromatic nitrogens is 2. The fourth-order valence-electron chi connectivity index (χ4n) is 11.1. The molecule has 3 fully saturated rings. The second-order valence-electron chi connectivity index (χ2n) is 18.0. The molecule has 4 heteroatoms. The summed E-state index contributed by atoms with van der Waals surface area (Å²) in [5, 5.41) is 0.